The highest BCUT2D eigenvalue weighted by atomic mass is 32.1. The van der Waals surface area contributed by atoms with Crippen molar-refractivity contribution in [2.75, 3.05) is 32.7 Å². The second-order valence-electron chi connectivity index (χ2n) is 8.40. The highest BCUT2D eigenvalue weighted by Gasteiger charge is 2.31. The van der Waals surface area contributed by atoms with E-state index in [-0.39, 0.29) is 5.92 Å². The van der Waals surface area contributed by atoms with Crippen LogP contribution in [-0.4, -0.2) is 58.6 Å². The highest BCUT2D eigenvalue weighted by Crippen LogP contribution is 2.33. The van der Waals surface area contributed by atoms with Crippen LogP contribution in [0, 0.1) is 0 Å². The number of amides is 1. The molecule has 0 bridgehead atoms. The summed E-state index contributed by atoms with van der Waals surface area (Å²) >= 11 is 1.62. The number of hydrogen-bond donors (Lipinski definition) is 0. The summed E-state index contributed by atoms with van der Waals surface area (Å²) in [7, 11) is 0. The van der Waals surface area contributed by atoms with E-state index in [0.717, 1.165) is 69.7 Å². The van der Waals surface area contributed by atoms with Gasteiger partial charge in [-0.1, -0.05) is 35.5 Å². The first kappa shape index (κ1) is 20.4. The first-order chi connectivity index (χ1) is 15.3. The van der Waals surface area contributed by atoms with Crippen molar-refractivity contribution >= 4 is 17.2 Å². The van der Waals surface area contributed by atoms with Gasteiger partial charge in [-0.05, 0) is 54.8 Å². The van der Waals surface area contributed by atoms with E-state index in [4.69, 9.17) is 4.52 Å². The van der Waals surface area contributed by atoms with Crippen molar-refractivity contribution in [2.24, 2.45) is 0 Å². The van der Waals surface area contributed by atoms with Gasteiger partial charge in [-0.2, -0.15) is 4.98 Å². The molecular formula is C24H28N4O2S. The SMILES string of the molecule is O=C(C1CCCc2ccccc21)N1CCN(CCCc2nc(-c3cccs3)no2)CC1. The molecular weight excluding hydrogens is 408 g/mol. The smallest absolute Gasteiger partial charge is 0.230 e. The van der Waals surface area contributed by atoms with Gasteiger partial charge in [-0.15, -0.1) is 11.3 Å². The van der Waals surface area contributed by atoms with Crippen LogP contribution in [0.5, 0.6) is 0 Å². The van der Waals surface area contributed by atoms with Crippen LogP contribution in [0.3, 0.4) is 0 Å². The highest BCUT2D eigenvalue weighted by molar-refractivity contribution is 7.13. The maximum Gasteiger partial charge on any atom is 0.230 e. The van der Waals surface area contributed by atoms with E-state index in [0.29, 0.717) is 17.6 Å². The van der Waals surface area contributed by atoms with Crippen LogP contribution in [0.1, 0.15) is 42.2 Å². The molecule has 5 rings (SSSR count). The Kier molecular flexibility index (Phi) is 6.13. The Labute approximate surface area is 186 Å². The molecule has 1 aromatic carbocycles. The van der Waals surface area contributed by atoms with Crippen LogP contribution < -0.4 is 0 Å². The molecule has 1 amide bonds. The third kappa shape index (κ3) is 4.57. The van der Waals surface area contributed by atoms with Gasteiger partial charge in [0.25, 0.3) is 0 Å². The molecule has 0 radical (unpaired) electrons. The van der Waals surface area contributed by atoms with E-state index in [2.05, 4.69) is 44.2 Å². The second-order valence-corrected chi connectivity index (χ2v) is 9.35. The zero-order valence-corrected chi connectivity index (χ0v) is 18.5. The largest absolute Gasteiger partial charge is 0.340 e. The average molecular weight is 437 g/mol. The summed E-state index contributed by atoms with van der Waals surface area (Å²) in [5.41, 5.74) is 2.61. The molecule has 2 aromatic heterocycles. The summed E-state index contributed by atoms with van der Waals surface area (Å²) in [4.78, 5) is 23.3. The number of hydrogen-bond acceptors (Lipinski definition) is 6. The predicted molar refractivity (Wildman–Crippen MR) is 121 cm³/mol. The van der Waals surface area contributed by atoms with Gasteiger partial charge in [0.05, 0.1) is 10.8 Å². The molecule has 1 aliphatic heterocycles. The number of carbonyl (C=O) groups is 1. The Balaban J connectivity index is 1.08. The van der Waals surface area contributed by atoms with Crippen molar-refractivity contribution in [3.05, 3.63) is 58.8 Å². The Hall–Kier alpha value is -2.51. The summed E-state index contributed by atoms with van der Waals surface area (Å²) in [6.07, 6.45) is 4.96. The van der Waals surface area contributed by atoms with Crippen LogP contribution >= 0.6 is 11.3 Å². The Morgan fingerprint density at radius 3 is 2.84 bits per heavy atom. The fourth-order valence-electron chi connectivity index (χ4n) is 4.74. The maximum absolute atomic E-state index is 13.2. The summed E-state index contributed by atoms with van der Waals surface area (Å²) in [6.45, 7) is 4.50. The van der Waals surface area contributed by atoms with Crippen molar-refractivity contribution in [1.29, 1.82) is 0 Å². The van der Waals surface area contributed by atoms with E-state index in [1.54, 1.807) is 11.3 Å². The number of piperazine rings is 1. The molecule has 6 nitrogen and oxygen atoms in total. The minimum atomic E-state index is 0.0477. The molecule has 3 heterocycles. The van der Waals surface area contributed by atoms with Crippen LogP contribution in [0.2, 0.25) is 0 Å². The van der Waals surface area contributed by atoms with Gasteiger partial charge in [0.15, 0.2) is 0 Å². The average Bonchev–Trinajstić information content (AvgIpc) is 3.51. The minimum absolute atomic E-state index is 0.0477. The lowest BCUT2D eigenvalue weighted by atomic mass is 9.82. The second kappa shape index (κ2) is 9.32. The molecule has 3 aromatic rings. The zero-order valence-electron chi connectivity index (χ0n) is 17.7. The number of aryl methyl sites for hydroxylation is 2. The third-order valence-electron chi connectivity index (χ3n) is 6.43. The summed E-state index contributed by atoms with van der Waals surface area (Å²) in [5.74, 6) is 1.75. The standard InChI is InChI=1S/C24H28N4O2S/c29-24(20-9-3-7-18-6-1-2-8-19(18)20)28-15-13-27(14-16-28)12-4-11-22-25-23(26-30-22)21-10-5-17-31-21/h1-2,5-6,8,10,17,20H,3-4,7,9,11-16H2. The third-order valence-corrected chi connectivity index (χ3v) is 7.29. The molecule has 1 fully saturated rings. The predicted octanol–water partition coefficient (Wildman–Crippen LogP) is 4.00. The van der Waals surface area contributed by atoms with Gasteiger partial charge in [-0.25, -0.2) is 0 Å². The van der Waals surface area contributed by atoms with E-state index >= 15 is 0 Å². The molecule has 1 aliphatic carbocycles. The topological polar surface area (TPSA) is 62.5 Å². The molecule has 0 N–H and O–H groups in total. The number of thiophene rings is 1. The molecule has 31 heavy (non-hydrogen) atoms. The number of carbonyl (C=O) groups excluding carboxylic acids is 1. The number of nitrogens with zero attached hydrogens (tertiary/aromatic N) is 4. The lowest BCUT2D eigenvalue weighted by molar-refractivity contribution is -0.135. The van der Waals surface area contributed by atoms with Gasteiger partial charge in [0, 0.05) is 32.6 Å². The lowest BCUT2D eigenvalue weighted by Crippen LogP contribution is -2.50. The normalized spacial score (nSPS) is 19.4. The molecule has 0 saturated carbocycles. The van der Waals surface area contributed by atoms with E-state index in [1.165, 1.54) is 11.1 Å². The Morgan fingerprint density at radius 1 is 1.13 bits per heavy atom. The van der Waals surface area contributed by atoms with Gasteiger partial charge in [-0.3, -0.25) is 9.69 Å². The Morgan fingerprint density at radius 2 is 2.00 bits per heavy atom. The molecule has 1 saturated heterocycles. The van der Waals surface area contributed by atoms with Gasteiger partial charge < -0.3 is 9.42 Å². The molecule has 1 unspecified atom stereocenters. The van der Waals surface area contributed by atoms with Gasteiger partial charge >= 0.3 is 0 Å². The molecule has 0 spiro atoms. The van der Waals surface area contributed by atoms with E-state index in [1.807, 2.05) is 17.5 Å². The van der Waals surface area contributed by atoms with E-state index in [9.17, 15) is 4.79 Å². The van der Waals surface area contributed by atoms with Crippen molar-refractivity contribution in [1.82, 2.24) is 19.9 Å². The first-order valence-corrected chi connectivity index (χ1v) is 12.1. The van der Waals surface area contributed by atoms with Crippen molar-refractivity contribution in [3.8, 4) is 10.7 Å². The summed E-state index contributed by atoms with van der Waals surface area (Å²) in [5, 5.41) is 6.10. The summed E-state index contributed by atoms with van der Waals surface area (Å²) < 4.78 is 5.40. The quantitative estimate of drug-likeness (QED) is 0.585. The fraction of sp³-hybridized carbons (Fsp3) is 0.458. The molecule has 7 heteroatoms. The van der Waals surface area contributed by atoms with Crippen LogP contribution in [-0.2, 0) is 17.6 Å². The maximum atomic E-state index is 13.2. The fourth-order valence-corrected chi connectivity index (χ4v) is 5.39. The monoisotopic (exact) mass is 436 g/mol. The number of rotatable bonds is 6. The van der Waals surface area contributed by atoms with Crippen LogP contribution in [0.4, 0.5) is 0 Å². The molecule has 1 atom stereocenters. The van der Waals surface area contributed by atoms with Gasteiger partial charge in [0.2, 0.25) is 17.6 Å². The zero-order chi connectivity index (χ0) is 21.0. The van der Waals surface area contributed by atoms with Crippen molar-refractivity contribution < 1.29 is 9.32 Å². The number of benzene rings is 1. The van der Waals surface area contributed by atoms with Crippen molar-refractivity contribution in [2.45, 2.75) is 38.0 Å². The molecule has 2 aliphatic rings. The Bertz CT molecular complexity index is 1010. The lowest BCUT2D eigenvalue weighted by Gasteiger charge is -2.37. The van der Waals surface area contributed by atoms with E-state index < -0.39 is 0 Å². The van der Waals surface area contributed by atoms with Gasteiger partial charge in [0.1, 0.15) is 0 Å². The van der Waals surface area contributed by atoms with Crippen LogP contribution in [0.15, 0.2) is 46.3 Å². The first-order valence-electron chi connectivity index (χ1n) is 11.2. The molecule has 162 valence electrons. The van der Waals surface area contributed by atoms with Crippen molar-refractivity contribution in [3.63, 3.8) is 0 Å². The number of fused-ring (bicyclic) bond motifs is 1. The van der Waals surface area contributed by atoms with Crippen LogP contribution in [0.25, 0.3) is 10.7 Å². The number of aromatic nitrogens is 2. The summed E-state index contributed by atoms with van der Waals surface area (Å²) in [6, 6.07) is 12.5. The minimum Gasteiger partial charge on any atom is -0.340 e.